The number of hydrogen-bond acceptors (Lipinski definition) is 1. The van der Waals surface area contributed by atoms with Crippen LogP contribution < -0.4 is 0 Å². The fraction of sp³-hybridized carbons (Fsp3) is 0.900. The molecule has 0 aromatic heterocycles. The van der Waals surface area contributed by atoms with Gasteiger partial charge in [-0.15, -0.1) is 0 Å². The molecule has 1 fully saturated rings. The molecule has 0 aliphatic heterocycles. The Balaban J connectivity index is 2.35. The molecule has 12 heavy (non-hydrogen) atoms. The molecule has 0 bridgehead atoms. The van der Waals surface area contributed by atoms with E-state index in [1.54, 1.807) is 5.92 Å². The van der Waals surface area contributed by atoms with Crippen molar-refractivity contribution in [2.24, 2.45) is 0 Å². The van der Waals surface area contributed by atoms with Gasteiger partial charge in [0.2, 0.25) is 0 Å². The summed E-state index contributed by atoms with van der Waals surface area (Å²) >= 11 is 0. The second-order valence-electron chi connectivity index (χ2n) is 5.30. The lowest BCUT2D eigenvalue weighted by molar-refractivity contribution is 0.311. The lowest BCUT2D eigenvalue weighted by Gasteiger charge is -2.36. The van der Waals surface area contributed by atoms with E-state index in [0.717, 1.165) is 6.61 Å². The molecule has 0 unspecified atom stereocenters. The van der Waals surface area contributed by atoms with Crippen molar-refractivity contribution in [2.75, 3.05) is 6.61 Å². The Morgan fingerprint density at radius 2 is 1.75 bits per heavy atom. The summed E-state index contributed by atoms with van der Waals surface area (Å²) in [6.07, 6.45) is 2.63. The van der Waals surface area contributed by atoms with Gasteiger partial charge in [-0.3, -0.25) is 0 Å². The van der Waals surface area contributed by atoms with Gasteiger partial charge in [-0.2, -0.15) is 0 Å². The van der Waals surface area contributed by atoms with Crippen LogP contribution in [0.2, 0.25) is 18.1 Å². The number of rotatable bonds is 3. The Morgan fingerprint density at radius 3 is 2.08 bits per heavy atom. The molecule has 0 N–H and O–H groups in total. The molecule has 1 aliphatic rings. The molecule has 0 aromatic carbocycles. The summed E-state index contributed by atoms with van der Waals surface area (Å²) in [6, 6.07) is 0. The Labute approximate surface area is 77.6 Å². The third-order valence-electron chi connectivity index (χ3n) is 3.05. The van der Waals surface area contributed by atoms with Crippen LogP contribution >= 0.6 is 0 Å². The molecule has 0 spiro atoms. The molecule has 0 heterocycles. The first kappa shape index (κ1) is 10.3. The van der Waals surface area contributed by atoms with Gasteiger partial charge >= 0.3 is 0 Å². The van der Waals surface area contributed by atoms with Crippen molar-refractivity contribution in [3.63, 3.8) is 0 Å². The largest absolute Gasteiger partial charge is 0.416 e. The summed E-state index contributed by atoms with van der Waals surface area (Å²) in [7, 11) is -1.45. The van der Waals surface area contributed by atoms with Crippen LogP contribution in [0.3, 0.4) is 0 Å². The summed E-state index contributed by atoms with van der Waals surface area (Å²) in [5, 5.41) is 0.364. The second kappa shape index (κ2) is 3.15. The van der Waals surface area contributed by atoms with Crippen molar-refractivity contribution in [2.45, 2.75) is 51.7 Å². The van der Waals surface area contributed by atoms with Gasteiger partial charge in [0.1, 0.15) is 0 Å². The minimum atomic E-state index is -1.45. The molecular formula is C10H21OSi. The van der Waals surface area contributed by atoms with Crippen molar-refractivity contribution < 1.29 is 4.43 Å². The highest BCUT2D eigenvalue weighted by atomic mass is 28.4. The third-order valence-corrected chi connectivity index (χ3v) is 7.53. The van der Waals surface area contributed by atoms with Crippen molar-refractivity contribution in [1.82, 2.24) is 0 Å². The zero-order chi connectivity index (χ0) is 9.41. The van der Waals surface area contributed by atoms with E-state index in [0.29, 0.717) is 5.04 Å². The Bertz CT molecular complexity index is 154. The van der Waals surface area contributed by atoms with E-state index >= 15 is 0 Å². The molecule has 1 radical (unpaired) electrons. The van der Waals surface area contributed by atoms with Gasteiger partial charge < -0.3 is 4.43 Å². The lowest BCUT2D eigenvalue weighted by Crippen LogP contribution is -2.41. The van der Waals surface area contributed by atoms with Crippen LogP contribution in [0.5, 0.6) is 0 Å². The summed E-state index contributed by atoms with van der Waals surface area (Å²) in [5.41, 5.74) is 0. The van der Waals surface area contributed by atoms with E-state index in [2.05, 4.69) is 33.9 Å². The Kier molecular flexibility index (Phi) is 2.69. The third kappa shape index (κ3) is 2.59. The average Bonchev–Trinajstić information content (AvgIpc) is 2.62. The standard InChI is InChI=1S/C10H21OSi/c1-10(2,3)12(4,5)11-8-9-6-7-9/h6-8H2,1-5H3. The first-order valence-electron chi connectivity index (χ1n) is 4.80. The van der Waals surface area contributed by atoms with Gasteiger partial charge in [0, 0.05) is 12.5 Å². The molecule has 1 rings (SSSR count). The predicted molar refractivity (Wildman–Crippen MR) is 55.6 cm³/mol. The molecule has 2 heteroatoms. The van der Waals surface area contributed by atoms with Crippen LogP contribution in [0.15, 0.2) is 0 Å². The van der Waals surface area contributed by atoms with E-state index in [9.17, 15) is 0 Å². The van der Waals surface area contributed by atoms with Crippen LogP contribution in [0, 0.1) is 5.92 Å². The molecular weight excluding hydrogens is 164 g/mol. The highest BCUT2D eigenvalue weighted by Crippen LogP contribution is 2.39. The minimum Gasteiger partial charge on any atom is -0.416 e. The molecule has 1 saturated carbocycles. The topological polar surface area (TPSA) is 9.23 Å². The summed E-state index contributed by atoms with van der Waals surface area (Å²) in [5.74, 6) is 1.61. The van der Waals surface area contributed by atoms with Crippen LogP contribution in [-0.2, 0) is 4.43 Å². The van der Waals surface area contributed by atoms with Crippen LogP contribution in [0.4, 0.5) is 0 Å². The second-order valence-corrected chi connectivity index (χ2v) is 10.1. The van der Waals surface area contributed by atoms with Gasteiger partial charge in [0.25, 0.3) is 0 Å². The molecule has 1 aliphatic carbocycles. The van der Waals surface area contributed by atoms with Gasteiger partial charge in [-0.05, 0) is 31.0 Å². The normalized spacial score (nSPS) is 19.8. The van der Waals surface area contributed by atoms with Gasteiger partial charge in [0.05, 0.1) is 0 Å². The van der Waals surface area contributed by atoms with Crippen LogP contribution in [0.25, 0.3) is 0 Å². The van der Waals surface area contributed by atoms with E-state index in [-0.39, 0.29) is 0 Å². The van der Waals surface area contributed by atoms with E-state index < -0.39 is 8.32 Å². The fourth-order valence-electron chi connectivity index (χ4n) is 0.732. The van der Waals surface area contributed by atoms with Crippen molar-refractivity contribution in [3.8, 4) is 0 Å². The van der Waals surface area contributed by atoms with Crippen LogP contribution in [-0.4, -0.2) is 14.9 Å². The Morgan fingerprint density at radius 1 is 1.25 bits per heavy atom. The first-order chi connectivity index (χ1) is 5.33. The minimum absolute atomic E-state index is 0.364. The van der Waals surface area contributed by atoms with Gasteiger partial charge in [0.15, 0.2) is 8.32 Å². The molecule has 0 saturated heterocycles. The zero-order valence-corrected chi connectivity index (χ0v) is 10.0. The maximum atomic E-state index is 6.02. The van der Waals surface area contributed by atoms with E-state index in [4.69, 9.17) is 4.43 Å². The summed E-state index contributed by atoms with van der Waals surface area (Å²) in [6.45, 7) is 12.4. The smallest absolute Gasteiger partial charge is 0.192 e. The SMILES string of the molecule is CC(C)(C)[Si](C)(C)OC[C]1CC1. The van der Waals surface area contributed by atoms with Gasteiger partial charge in [-0.1, -0.05) is 20.8 Å². The quantitative estimate of drug-likeness (QED) is 0.613. The number of hydrogen-bond donors (Lipinski definition) is 0. The molecule has 0 aromatic rings. The average molecular weight is 185 g/mol. The summed E-state index contributed by atoms with van der Waals surface area (Å²) < 4.78 is 6.02. The lowest BCUT2D eigenvalue weighted by atomic mass is 10.2. The van der Waals surface area contributed by atoms with Crippen LogP contribution in [0.1, 0.15) is 33.6 Å². The van der Waals surface area contributed by atoms with Crippen molar-refractivity contribution in [3.05, 3.63) is 5.92 Å². The maximum Gasteiger partial charge on any atom is 0.192 e. The predicted octanol–water partition coefficient (Wildman–Crippen LogP) is 3.38. The fourth-order valence-corrected chi connectivity index (χ4v) is 1.73. The van der Waals surface area contributed by atoms with Crippen molar-refractivity contribution in [1.29, 1.82) is 0 Å². The zero-order valence-electron chi connectivity index (χ0n) is 9.03. The van der Waals surface area contributed by atoms with E-state index in [1.165, 1.54) is 12.8 Å². The van der Waals surface area contributed by atoms with E-state index in [1.807, 2.05) is 0 Å². The molecule has 0 atom stereocenters. The molecule has 71 valence electrons. The Hall–Kier alpha value is 0.177. The molecule has 1 nitrogen and oxygen atoms in total. The first-order valence-corrected chi connectivity index (χ1v) is 7.71. The summed E-state index contributed by atoms with van der Waals surface area (Å²) in [4.78, 5) is 0. The highest BCUT2D eigenvalue weighted by molar-refractivity contribution is 6.74. The van der Waals surface area contributed by atoms with Gasteiger partial charge in [-0.25, -0.2) is 0 Å². The maximum absolute atomic E-state index is 6.02. The molecule has 0 amide bonds. The highest BCUT2D eigenvalue weighted by Gasteiger charge is 2.38. The monoisotopic (exact) mass is 185 g/mol. The van der Waals surface area contributed by atoms with Crippen molar-refractivity contribution >= 4 is 8.32 Å².